The first-order valence-corrected chi connectivity index (χ1v) is 7.98. The summed E-state index contributed by atoms with van der Waals surface area (Å²) in [6.07, 6.45) is 1.54. The van der Waals surface area contributed by atoms with Crippen molar-refractivity contribution in [3.8, 4) is 0 Å². The summed E-state index contributed by atoms with van der Waals surface area (Å²) < 4.78 is 0. The lowest BCUT2D eigenvalue weighted by molar-refractivity contribution is 0.0935. The Bertz CT molecular complexity index is 609. The number of hydrogen-bond acceptors (Lipinski definition) is 4. The molecule has 1 aromatic heterocycles. The molecule has 2 rings (SSSR count). The highest BCUT2D eigenvalue weighted by molar-refractivity contribution is 7.09. The summed E-state index contributed by atoms with van der Waals surface area (Å²) in [6, 6.07) is 8.30. The molecule has 3 N–H and O–H groups in total. The summed E-state index contributed by atoms with van der Waals surface area (Å²) in [6.45, 7) is 4.65. The van der Waals surface area contributed by atoms with Gasteiger partial charge in [-0.05, 0) is 37.9 Å². The highest BCUT2D eigenvalue weighted by Crippen LogP contribution is 2.12. The first-order valence-electron chi connectivity index (χ1n) is 7.10. The van der Waals surface area contributed by atoms with Crippen LogP contribution in [0.2, 0.25) is 0 Å². The van der Waals surface area contributed by atoms with Crippen molar-refractivity contribution in [2.24, 2.45) is 5.73 Å². The Morgan fingerprint density at radius 3 is 2.90 bits per heavy atom. The lowest BCUT2D eigenvalue weighted by Crippen LogP contribution is -2.34. The number of thiazole rings is 1. The number of aromatic nitrogens is 1. The second-order valence-electron chi connectivity index (χ2n) is 5.17. The van der Waals surface area contributed by atoms with Crippen LogP contribution in [-0.4, -0.2) is 23.5 Å². The lowest BCUT2D eigenvalue weighted by atomic mass is 10.0. The SMILES string of the molecule is Cc1ccccc1CC(C)NC(=O)c1csc(CCN)n1. The van der Waals surface area contributed by atoms with Gasteiger partial charge < -0.3 is 11.1 Å². The highest BCUT2D eigenvalue weighted by Gasteiger charge is 2.14. The minimum absolute atomic E-state index is 0.0678. The van der Waals surface area contributed by atoms with E-state index in [4.69, 9.17) is 5.73 Å². The zero-order valence-corrected chi connectivity index (χ0v) is 13.2. The normalized spacial score (nSPS) is 12.1. The number of nitrogens with zero attached hydrogens (tertiary/aromatic N) is 1. The molecule has 1 aromatic carbocycles. The van der Waals surface area contributed by atoms with Crippen molar-refractivity contribution < 1.29 is 4.79 Å². The third-order valence-corrected chi connectivity index (χ3v) is 4.22. The number of benzene rings is 1. The Morgan fingerprint density at radius 2 is 2.19 bits per heavy atom. The van der Waals surface area contributed by atoms with Gasteiger partial charge in [0.05, 0.1) is 5.01 Å². The van der Waals surface area contributed by atoms with Crippen molar-refractivity contribution in [1.29, 1.82) is 0 Å². The van der Waals surface area contributed by atoms with Gasteiger partial charge in [-0.3, -0.25) is 4.79 Å². The number of rotatable bonds is 6. The molecule has 0 fully saturated rings. The van der Waals surface area contributed by atoms with Crippen molar-refractivity contribution in [3.05, 3.63) is 51.5 Å². The fourth-order valence-corrected chi connectivity index (χ4v) is 2.97. The molecule has 112 valence electrons. The maximum atomic E-state index is 12.1. The van der Waals surface area contributed by atoms with Crippen LogP contribution >= 0.6 is 11.3 Å². The van der Waals surface area contributed by atoms with Gasteiger partial charge in [0, 0.05) is 17.8 Å². The van der Waals surface area contributed by atoms with E-state index in [-0.39, 0.29) is 11.9 Å². The van der Waals surface area contributed by atoms with Crippen LogP contribution in [0.4, 0.5) is 0 Å². The predicted octanol–water partition coefficient (Wildman–Crippen LogP) is 2.31. The molecule has 4 nitrogen and oxygen atoms in total. The standard InChI is InChI=1S/C16H21N3OS/c1-11-5-3-4-6-13(11)9-12(2)18-16(20)14-10-21-15(19-14)7-8-17/h3-6,10,12H,7-9,17H2,1-2H3,(H,18,20). The lowest BCUT2D eigenvalue weighted by Gasteiger charge is -2.14. The van der Waals surface area contributed by atoms with E-state index in [1.807, 2.05) is 19.1 Å². The Kier molecular flexibility index (Phi) is 5.47. The molecule has 0 aliphatic rings. The van der Waals surface area contributed by atoms with Gasteiger partial charge in [0.1, 0.15) is 5.69 Å². The van der Waals surface area contributed by atoms with E-state index in [1.165, 1.54) is 22.5 Å². The van der Waals surface area contributed by atoms with Crippen LogP contribution in [-0.2, 0) is 12.8 Å². The number of carbonyl (C=O) groups is 1. The monoisotopic (exact) mass is 303 g/mol. The molecule has 1 unspecified atom stereocenters. The minimum Gasteiger partial charge on any atom is -0.348 e. The quantitative estimate of drug-likeness (QED) is 0.860. The molecule has 1 atom stereocenters. The van der Waals surface area contributed by atoms with Crippen LogP contribution in [0.3, 0.4) is 0 Å². The summed E-state index contributed by atoms with van der Waals surface area (Å²) in [4.78, 5) is 16.5. The molecule has 0 saturated heterocycles. The molecule has 0 bridgehead atoms. The van der Waals surface area contributed by atoms with Crippen LogP contribution < -0.4 is 11.1 Å². The molecule has 0 radical (unpaired) electrons. The van der Waals surface area contributed by atoms with Crippen molar-refractivity contribution in [2.45, 2.75) is 32.7 Å². The molecule has 2 aromatic rings. The number of nitrogens with two attached hydrogens (primary N) is 1. The zero-order chi connectivity index (χ0) is 15.2. The smallest absolute Gasteiger partial charge is 0.270 e. The number of carbonyl (C=O) groups excluding carboxylic acids is 1. The molecule has 0 aliphatic carbocycles. The van der Waals surface area contributed by atoms with Gasteiger partial charge in [-0.2, -0.15) is 0 Å². The molecule has 21 heavy (non-hydrogen) atoms. The third kappa shape index (κ3) is 4.37. The van der Waals surface area contributed by atoms with Gasteiger partial charge in [0.15, 0.2) is 0 Å². The molecule has 5 heteroatoms. The molecule has 0 saturated carbocycles. The van der Waals surface area contributed by atoms with Gasteiger partial charge in [-0.15, -0.1) is 11.3 Å². The maximum absolute atomic E-state index is 12.1. The van der Waals surface area contributed by atoms with E-state index >= 15 is 0 Å². The first-order chi connectivity index (χ1) is 10.1. The van der Waals surface area contributed by atoms with E-state index in [0.717, 1.165) is 17.8 Å². The molecule has 1 heterocycles. The van der Waals surface area contributed by atoms with E-state index in [9.17, 15) is 4.79 Å². The molecule has 0 spiro atoms. The summed E-state index contributed by atoms with van der Waals surface area (Å²) in [5.74, 6) is -0.115. The van der Waals surface area contributed by atoms with Crippen LogP contribution in [0.25, 0.3) is 0 Å². The average Bonchev–Trinajstić information content (AvgIpc) is 2.90. The average molecular weight is 303 g/mol. The summed E-state index contributed by atoms with van der Waals surface area (Å²) in [5.41, 5.74) is 8.48. The summed E-state index contributed by atoms with van der Waals surface area (Å²) in [5, 5.41) is 5.71. The van der Waals surface area contributed by atoms with Gasteiger partial charge in [-0.25, -0.2) is 4.98 Å². The Morgan fingerprint density at radius 1 is 1.43 bits per heavy atom. The Balaban J connectivity index is 1.94. The van der Waals surface area contributed by atoms with Gasteiger partial charge >= 0.3 is 0 Å². The summed E-state index contributed by atoms with van der Waals surface area (Å²) >= 11 is 1.48. The van der Waals surface area contributed by atoms with Gasteiger partial charge in [-0.1, -0.05) is 24.3 Å². The fourth-order valence-electron chi connectivity index (χ4n) is 2.17. The van der Waals surface area contributed by atoms with Crippen LogP contribution in [0, 0.1) is 6.92 Å². The van der Waals surface area contributed by atoms with E-state index < -0.39 is 0 Å². The maximum Gasteiger partial charge on any atom is 0.270 e. The predicted molar refractivity (Wildman–Crippen MR) is 86.7 cm³/mol. The van der Waals surface area contributed by atoms with Crippen molar-refractivity contribution >= 4 is 17.2 Å². The van der Waals surface area contributed by atoms with Crippen molar-refractivity contribution in [1.82, 2.24) is 10.3 Å². The topological polar surface area (TPSA) is 68.0 Å². The van der Waals surface area contributed by atoms with Crippen molar-refractivity contribution in [3.63, 3.8) is 0 Å². The van der Waals surface area contributed by atoms with E-state index in [2.05, 4.69) is 29.4 Å². The second-order valence-corrected chi connectivity index (χ2v) is 6.11. The van der Waals surface area contributed by atoms with E-state index in [1.54, 1.807) is 5.38 Å². The van der Waals surface area contributed by atoms with Gasteiger partial charge in [0.25, 0.3) is 5.91 Å². The number of aryl methyl sites for hydroxylation is 1. The molecule has 0 aliphatic heterocycles. The number of amides is 1. The van der Waals surface area contributed by atoms with Gasteiger partial charge in [0.2, 0.25) is 0 Å². The third-order valence-electron chi connectivity index (χ3n) is 3.31. The minimum atomic E-state index is -0.115. The molecular formula is C16H21N3OS. The second kappa shape index (κ2) is 7.33. The zero-order valence-electron chi connectivity index (χ0n) is 12.4. The molecular weight excluding hydrogens is 282 g/mol. The number of nitrogens with one attached hydrogen (secondary N) is 1. The van der Waals surface area contributed by atoms with Crippen LogP contribution in [0.1, 0.15) is 33.5 Å². The Hall–Kier alpha value is -1.72. The first kappa shape index (κ1) is 15.7. The van der Waals surface area contributed by atoms with Crippen LogP contribution in [0.5, 0.6) is 0 Å². The van der Waals surface area contributed by atoms with E-state index in [0.29, 0.717) is 12.2 Å². The Labute approximate surface area is 129 Å². The summed E-state index contributed by atoms with van der Waals surface area (Å²) in [7, 11) is 0. The fraction of sp³-hybridized carbons (Fsp3) is 0.375. The molecule has 1 amide bonds. The highest BCUT2D eigenvalue weighted by atomic mass is 32.1. The van der Waals surface area contributed by atoms with Crippen LogP contribution in [0.15, 0.2) is 29.6 Å². The number of hydrogen-bond donors (Lipinski definition) is 2. The largest absolute Gasteiger partial charge is 0.348 e. The van der Waals surface area contributed by atoms with Crippen molar-refractivity contribution in [2.75, 3.05) is 6.54 Å².